The van der Waals surface area contributed by atoms with E-state index in [4.69, 9.17) is 0 Å². The van der Waals surface area contributed by atoms with Gasteiger partial charge in [-0.25, -0.2) is 4.98 Å². The van der Waals surface area contributed by atoms with Gasteiger partial charge in [-0.3, -0.25) is 0 Å². The lowest BCUT2D eigenvalue weighted by molar-refractivity contribution is 0.808. The van der Waals surface area contributed by atoms with Crippen LogP contribution in [0, 0.1) is 6.92 Å². The first kappa shape index (κ1) is 13.8. The van der Waals surface area contributed by atoms with E-state index in [0.717, 1.165) is 17.9 Å². The van der Waals surface area contributed by atoms with Crippen molar-refractivity contribution in [2.45, 2.75) is 13.5 Å². The van der Waals surface area contributed by atoms with E-state index in [1.807, 2.05) is 24.5 Å². The summed E-state index contributed by atoms with van der Waals surface area (Å²) in [6, 6.07) is 10.3. The molecular weight excluding hydrogens is 308 g/mol. The summed E-state index contributed by atoms with van der Waals surface area (Å²) in [4.78, 5) is 5.73. The van der Waals surface area contributed by atoms with Gasteiger partial charge >= 0.3 is 0 Å². The van der Waals surface area contributed by atoms with Crippen molar-refractivity contribution in [2.75, 3.05) is 0 Å². The minimum Gasteiger partial charge on any atom is -0.326 e. The molecule has 0 saturated carbocycles. The van der Waals surface area contributed by atoms with Gasteiger partial charge in [-0.05, 0) is 40.8 Å². The van der Waals surface area contributed by atoms with Crippen molar-refractivity contribution >= 4 is 11.3 Å². The number of hydrogen-bond acceptors (Lipinski definition) is 5. The fourth-order valence-corrected chi connectivity index (χ4v) is 3.47. The first-order valence-electron chi connectivity index (χ1n) is 7.19. The van der Waals surface area contributed by atoms with Crippen molar-refractivity contribution in [3.63, 3.8) is 0 Å². The molecule has 23 heavy (non-hydrogen) atoms. The van der Waals surface area contributed by atoms with E-state index in [9.17, 15) is 0 Å². The Bertz CT molecular complexity index is 922. The van der Waals surface area contributed by atoms with Gasteiger partial charge in [0.15, 0.2) is 5.82 Å². The van der Waals surface area contributed by atoms with Crippen LogP contribution in [0.1, 0.15) is 11.1 Å². The van der Waals surface area contributed by atoms with Crippen molar-refractivity contribution in [1.29, 1.82) is 0 Å². The van der Waals surface area contributed by atoms with Crippen molar-refractivity contribution < 1.29 is 0 Å². The van der Waals surface area contributed by atoms with Gasteiger partial charge < -0.3 is 4.57 Å². The van der Waals surface area contributed by atoms with Gasteiger partial charge in [0, 0.05) is 24.5 Å². The minimum absolute atomic E-state index is 0.604. The predicted molar refractivity (Wildman–Crippen MR) is 89.0 cm³/mol. The lowest BCUT2D eigenvalue weighted by Gasteiger charge is -2.08. The fourth-order valence-electron chi connectivity index (χ4n) is 2.54. The van der Waals surface area contributed by atoms with Gasteiger partial charge in [-0.2, -0.15) is 5.21 Å². The van der Waals surface area contributed by atoms with E-state index in [1.54, 1.807) is 11.3 Å². The maximum absolute atomic E-state index is 4.52. The van der Waals surface area contributed by atoms with E-state index in [1.165, 1.54) is 16.0 Å². The van der Waals surface area contributed by atoms with E-state index >= 15 is 0 Å². The molecule has 114 valence electrons. The number of tetrazole rings is 1. The average molecular weight is 322 g/mol. The van der Waals surface area contributed by atoms with Crippen LogP contribution in [0.15, 0.2) is 48.1 Å². The Morgan fingerprint density at radius 1 is 1.26 bits per heavy atom. The molecule has 3 heterocycles. The number of aromatic amines is 1. The Kier molecular flexibility index (Phi) is 3.47. The maximum Gasteiger partial charge on any atom is 0.204 e. The Balaban J connectivity index is 1.66. The Hall–Kier alpha value is -2.80. The standard InChI is InChI=1S/C16H14N6S/c1-11-5-8-23-14(11)16-17-6-7-22(16)10-12-3-2-4-13(9-12)15-18-20-21-19-15/h2-9H,10H2,1H3,(H,18,19,20,21). The number of thiophene rings is 1. The van der Waals surface area contributed by atoms with Crippen LogP contribution in [-0.2, 0) is 6.54 Å². The van der Waals surface area contributed by atoms with E-state index in [-0.39, 0.29) is 0 Å². The van der Waals surface area contributed by atoms with Crippen molar-refractivity contribution in [1.82, 2.24) is 30.2 Å². The van der Waals surface area contributed by atoms with E-state index < -0.39 is 0 Å². The number of nitrogens with zero attached hydrogens (tertiary/aromatic N) is 5. The number of rotatable bonds is 4. The molecule has 0 unspecified atom stereocenters. The van der Waals surface area contributed by atoms with Crippen molar-refractivity contribution in [3.8, 4) is 22.1 Å². The lowest BCUT2D eigenvalue weighted by Crippen LogP contribution is -2.01. The molecule has 0 aliphatic heterocycles. The molecule has 0 bridgehead atoms. The van der Waals surface area contributed by atoms with Crippen LogP contribution in [0.2, 0.25) is 0 Å². The average Bonchev–Trinajstić information content (AvgIpc) is 3.29. The van der Waals surface area contributed by atoms with Crippen LogP contribution in [0.25, 0.3) is 22.1 Å². The molecule has 0 radical (unpaired) electrons. The maximum atomic E-state index is 4.52. The molecule has 0 fully saturated rings. The molecule has 4 rings (SSSR count). The Morgan fingerprint density at radius 3 is 3.00 bits per heavy atom. The SMILES string of the molecule is Cc1ccsc1-c1nccn1Cc1cccc(-c2nn[nH]n2)c1. The highest BCUT2D eigenvalue weighted by atomic mass is 32.1. The largest absolute Gasteiger partial charge is 0.326 e. The zero-order valence-electron chi connectivity index (χ0n) is 12.5. The highest BCUT2D eigenvalue weighted by Crippen LogP contribution is 2.28. The van der Waals surface area contributed by atoms with Crippen molar-refractivity contribution in [3.05, 3.63) is 59.2 Å². The molecule has 0 aliphatic rings. The Labute approximate surface area is 136 Å². The zero-order chi connectivity index (χ0) is 15.6. The van der Waals surface area contributed by atoms with Gasteiger partial charge in [-0.1, -0.05) is 18.2 Å². The number of aryl methyl sites for hydroxylation is 1. The monoisotopic (exact) mass is 322 g/mol. The highest BCUT2D eigenvalue weighted by molar-refractivity contribution is 7.13. The van der Waals surface area contributed by atoms with Crippen LogP contribution in [0.3, 0.4) is 0 Å². The first-order chi connectivity index (χ1) is 11.3. The molecule has 7 heteroatoms. The molecular formula is C16H14N6S. The van der Waals surface area contributed by atoms with Gasteiger partial charge in [0.1, 0.15) is 0 Å². The zero-order valence-corrected chi connectivity index (χ0v) is 13.3. The summed E-state index contributed by atoms with van der Waals surface area (Å²) in [7, 11) is 0. The van der Waals surface area contributed by atoms with Gasteiger partial charge in [0.25, 0.3) is 0 Å². The van der Waals surface area contributed by atoms with Crippen LogP contribution in [0.4, 0.5) is 0 Å². The quantitative estimate of drug-likeness (QED) is 0.626. The number of imidazole rings is 1. The molecule has 0 amide bonds. The molecule has 3 aromatic heterocycles. The summed E-state index contributed by atoms with van der Waals surface area (Å²) < 4.78 is 2.16. The summed E-state index contributed by atoms with van der Waals surface area (Å²) in [5.41, 5.74) is 3.37. The summed E-state index contributed by atoms with van der Waals surface area (Å²) in [6.45, 7) is 2.86. The van der Waals surface area contributed by atoms with Crippen LogP contribution in [0.5, 0.6) is 0 Å². The third kappa shape index (κ3) is 2.66. The highest BCUT2D eigenvalue weighted by Gasteiger charge is 2.11. The number of hydrogen-bond donors (Lipinski definition) is 1. The number of benzene rings is 1. The number of aromatic nitrogens is 6. The van der Waals surface area contributed by atoms with Crippen LogP contribution >= 0.6 is 11.3 Å². The molecule has 6 nitrogen and oxygen atoms in total. The van der Waals surface area contributed by atoms with Crippen LogP contribution < -0.4 is 0 Å². The second kappa shape index (κ2) is 5.77. The normalized spacial score (nSPS) is 11.0. The first-order valence-corrected chi connectivity index (χ1v) is 8.07. The van der Waals surface area contributed by atoms with Gasteiger partial charge in [0.05, 0.1) is 4.88 Å². The topological polar surface area (TPSA) is 72.3 Å². The molecule has 1 N–H and O–H groups in total. The molecule has 1 aromatic carbocycles. The number of nitrogens with one attached hydrogen (secondary N) is 1. The minimum atomic E-state index is 0.604. The molecule has 4 aromatic rings. The second-order valence-electron chi connectivity index (χ2n) is 5.25. The summed E-state index contributed by atoms with van der Waals surface area (Å²) in [6.07, 6.45) is 3.85. The summed E-state index contributed by atoms with van der Waals surface area (Å²) in [5, 5.41) is 16.3. The van der Waals surface area contributed by atoms with Gasteiger partial charge in [-0.15, -0.1) is 21.5 Å². The van der Waals surface area contributed by atoms with Crippen molar-refractivity contribution in [2.24, 2.45) is 0 Å². The fraction of sp³-hybridized carbons (Fsp3) is 0.125. The lowest BCUT2D eigenvalue weighted by atomic mass is 10.1. The third-order valence-electron chi connectivity index (χ3n) is 3.66. The molecule has 0 spiro atoms. The molecule has 0 aliphatic carbocycles. The molecule has 0 atom stereocenters. The van der Waals surface area contributed by atoms with E-state index in [2.05, 4.69) is 60.7 Å². The Morgan fingerprint density at radius 2 is 2.22 bits per heavy atom. The predicted octanol–water partition coefficient (Wildman–Crippen LogP) is 3.15. The summed E-state index contributed by atoms with van der Waals surface area (Å²) in [5.74, 6) is 1.61. The summed E-state index contributed by atoms with van der Waals surface area (Å²) >= 11 is 1.72. The smallest absolute Gasteiger partial charge is 0.204 e. The van der Waals surface area contributed by atoms with E-state index in [0.29, 0.717) is 5.82 Å². The van der Waals surface area contributed by atoms with Crippen LogP contribution in [-0.4, -0.2) is 30.2 Å². The number of H-pyrrole nitrogens is 1. The van der Waals surface area contributed by atoms with Gasteiger partial charge in [0.2, 0.25) is 5.82 Å². The third-order valence-corrected chi connectivity index (χ3v) is 4.68. The molecule has 0 saturated heterocycles. The second-order valence-corrected chi connectivity index (χ2v) is 6.16.